The number of hydrogen-bond acceptors (Lipinski definition) is 3. The average Bonchev–Trinajstić information content (AvgIpc) is 3.01. The molecule has 0 saturated heterocycles. The molecule has 0 heterocycles. The van der Waals surface area contributed by atoms with E-state index in [2.05, 4.69) is 0 Å². The molecule has 0 unspecified atom stereocenters. The summed E-state index contributed by atoms with van der Waals surface area (Å²) in [4.78, 5) is 13.1. The van der Waals surface area contributed by atoms with Crippen LogP contribution < -0.4 is 5.01 Å². The molecule has 1 aliphatic rings. The third-order valence-electron chi connectivity index (χ3n) is 4.82. The first kappa shape index (κ1) is 15.5. The van der Waals surface area contributed by atoms with Gasteiger partial charge < -0.3 is 0 Å². The highest BCUT2D eigenvalue weighted by atomic mass is 16.1. The van der Waals surface area contributed by atoms with E-state index in [1.54, 1.807) is 0 Å². The van der Waals surface area contributed by atoms with Gasteiger partial charge in [0.2, 0.25) is 5.78 Å². The van der Waals surface area contributed by atoms with Crippen LogP contribution in [-0.2, 0) is 0 Å². The molecule has 0 bridgehead atoms. The second kappa shape index (κ2) is 6.22. The van der Waals surface area contributed by atoms with Gasteiger partial charge in [-0.15, -0.1) is 0 Å². The molecule has 0 amide bonds. The van der Waals surface area contributed by atoms with Gasteiger partial charge in [0.25, 0.3) is 0 Å². The molecule has 0 spiro atoms. The van der Waals surface area contributed by atoms with E-state index in [-0.39, 0.29) is 5.78 Å². The summed E-state index contributed by atoms with van der Waals surface area (Å²) in [6.07, 6.45) is 0. The van der Waals surface area contributed by atoms with Gasteiger partial charge in [-0.3, -0.25) is 4.79 Å². The molecule has 5 rings (SSSR count). The maximum atomic E-state index is 13.1. The molecule has 0 fully saturated rings. The van der Waals surface area contributed by atoms with Crippen LogP contribution in [0.2, 0.25) is 0 Å². The van der Waals surface area contributed by atoms with Crippen molar-refractivity contribution in [2.45, 2.75) is 0 Å². The summed E-state index contributed by atoms with van der Waals surface area (Å²) in [6, 6.07) is 31.6. The van der Waals surface area contributed by atoms with Gasteiger partial charge >= 0.3 is 0 Å². The zero-order valence-corrected chi connectivity index (χ0v) is 14.5. The van der Waals surface area contributed by atoms with E-state index < -0.39 is 0 Å². The molecular weight excluding hydrogens is 332 g/mol. The summed E-state index contributed by atoms with van der Waals surface area (Å²) < 4.78 is 0. The molecule has 3 heteroatoms. The lowest BCUT2D eigenvalue weighted by atomic mass is 10.1. The number of anilines is 2. The molecule has 0 aromatic heterocycles. The number of carbonyl (C=O) groups is 1. The average molecular weight is 348 g/mol. The summed E-state index contributed by atoms with van der Waals surface area (Å²) in [5.74, 6) is -0.0290. The Balaban J connectivity index is 1.72. The molecule has 1 aliphatic carbocycles. The van der Waals surface area contributed by atoms with E-state index in [0.717, 1.165) is 33.3 Å². The van der Waals surface area contributed by atoms with Crippen molar-refractivity contribution < 1.29 is 4.79 Å². The van der Waals surface area contributed by atoms with Crippen molar-refractivity contribution in [1.82, 2.24) is 0 Å². The summed E-state index contributed by atoms with van der Waals surface area (Å²) >= 11 is 0. The van der Waals surface area contributed by atoms with E-state index >= 15 is 0 Å². The highest BCUT2D eigenvalue weighted by molar-refractivity contribution is 6.59. The van der Waals surface area contributed by atoms with E-state index in [1.807, 2.05) is 102 Å². The number of ketones is 1. The predicted molar refractivity (Wildman–Crippen MR) is 110 cm³/mol. The fourth-order valence-electron chi connectivity index (χ4n) is 3.58. The maximum absolute atomic E-state index is 13.1. The first-order valence-corrected chi connectivity index (χ1v) is 8.88. The fraction of sp³-hybridized carbons (Fsp3) is 0. The van der Waals surface area contributed by atoms with Crippen LogP contribution in [0.3, 0.4) is 0 Å². The Hall–Kier alpha value is -3.72. The molecule has 27 heavy (non-hydrogen) atoms. The zero-order chi connectivity index (χ0) is 18.2. The topological polar surface area (TPSA) is 32.7 Å². The van der Waals surface area contributed by atoms with Gasteiger partial charge in [0.1, 0.15) is 5.71 Å². The Bertz CT molecular complexity index is 1140. The third-order valence-corrected chi connectivity index (χ3v) is 4.82. The van der Waals surface area contributed by atoms with E-state index in [9.17, 15) is 4.79 Å². The lowest BCUT2D eigenvalue weighted by molar-refractivity contribution is 0.107. The highest BCUT2D eigenvalue weighted by Gasteiger charge is 2.29. The van der Waals surface area contributed by atoms with Crippen molar-refractivity contribution >= 4 is 33.6 Å². The minimum Gasteiger partial charge on any atom is -0.287 e. The van der Waals surface area contributed by atoms with Crippen LogP contribution in [0.25, 0.3) is 10.8 Å². The maximum Gasteiger partial charge on any atom is 0.214 e. The number of nitrogens with zero attached hydrogens (tertiary/aromatic N) is 2. The van der Waals surface area contributed by atoms with Crippen molar-refractivity contribution in [2.75, 3.05) is 5.01 Å². The number of Topliss-reactive ketones (excluding diaryl/α,β-unsaturated/α-hetero) is 1. The smallest absolute Gasteiger partial charge is 0.214 e. The largest absolute Gasteiger partial charge is 0.287 e. The lowest BCUT2D eigenvalue weighted by Crippen LogP contribution is -2.17. The van der Waals surface area contributed by atoms with Crippen molar-refractivity contribution in [3.63, 3.8) is 0 Å². The van der Waals surface area contributed by atoms with Crippen LogP contribution in [0.15, 0.2) is 102 Å². The summed E-state index contributed by atoms with van der Waals surface area (Å²) in [5.41, 5.74) is 3.92. The van der Waals surface area contributed by atoms with Crippen LogP contribution in [0.5, 0.6) is 0 Å². The monoisotopic (exact) mass is 348 g/mol. The van der Waals surface area contributed by atoms with Crippen molar-refractivity contribution in [3.8, 4) is 0 Å². The lowest BCUT2D eigenvalue weighted by Gasteiger charge is -2.20. The SMILES string of the molecule is O=C1C(=NN(c2ccccc2)c2ccccc2)c2cccc3cccc1c23. The summed E-state index contributed by atoms with van der Waals surface area (Å²) in [6.45, 7) is 0. The van der Waals surface area contributed by atoms with Crippen molar-refractivity contribution in [2.24, 2.45) is 5.10 Å². The Morgan fingerprint density at radius 1 is 0.593 bits per heavy atom. The van der Waals surface area contributed by atoms with Crippen LogP contribution >= 0.6 is 0 Å². The van der Waals surface area contributed by atoms with Gasteiger partial charge in [-0.1, -0.05) is 72.8 Å². The minimum atomic E-state index is -0.0290. The Labute approximate surface area is 157 Å². The van der Waals surface area contributed by atoms with Crippen molar-refractivity contribution in [1.29, 1.82) is 0 Å². The molecule has 0 aliphatic heterocycles. The molecule has 0 N–H and O–H groups in total. The Kier molecular flexibility index (Phi) is 3.58. The number of carbonyl (C=O) groups excluding carboxylic acids is 1. The quantitative estimate of drug-likeness (QED) is 0.453. The Morgan fingerprint density at radius 2 is 1.15 bits per heavy atom. The van der Waals surface area contributed by atoms with Gasteiger partial charge in [0, 0.05) is 16.5 Å². The second-order valence-corrected chi connectivity index (χ2v) is 6.47. The predicted octanol–water partition coefficient (Wildman–Crippen LogP) is 5.58. The molecule has 4 aromatic carbocycles. The summed E-state index contributed by atoms with van der Waals surface area (Å²) in [5, 5.41) is 8.72. The second-order valence-electron chi connectivity index (χ2n) is 6.47. The van der Waals surface area contributed by atoms with Crippen LogP contribution in [0.4, 0.5) is 11.4 Å². The highest BCUT2D eigenvalue weighted by Crippen LogP contribution is 2.33. The third kappa shape index (κ3) is 2.52. The number of para-hydroxylation sites is 2. The van der Waals surface area contributed by atoms with Gasteiger partial charge in [-0.05, 0) is 29.7 Å². The minimum absolute atomic E-state index is 0.0290. The van der Waals surface area contributed by atoms with Gasteiger partial charge in [0.05, 0.1) is 11.4 Å². The molecule has 128 valence electrons. The normalized spacial score (nSPS) is 14.1. The van der Waals surface area contributed by atoms with E-state index in [1.165, 1.54) is 0 Å². The number of rotatable bonds is 3. The first-order valence-electron chi connectivity index (χ1n) is 8.88. The van der Waals surface area contributed by atoms with Gasteiger partial charge in [-0.2, -0.15) is 5.10 Å². The molecule has 0 atom stereocenters. The van der Waals surface area contributed by atoms with E-state index in [0.29, 0.717) is 5.71 Å². The Morgan fingerprint density at radius 3 is 1.74 bits per heavy atom. The van der Waals surface area contributed by atoms with Crippen LogP contribution in [0, 0.1) is 0 Å². The van der Waals surface area contributed by atoms with Gasteiger partial charge in [0.15, 0.2) is 0 Å². The summed E-state index contributed by atoms with van der Waals surface area (Å²) in [7, 11) is 0. The van der Waals surface area contributed by atoms with Crippen molar-refractivity contribution in [3.05, 3.63) is 108 Å². The molecule has 0 radical (unpaired) electrons. The molecule has 4 aromatic rings. The molecule has 0 saturated carbocycles. The number of hydrogen-bond donors (Lipinski definition) is 0. The number of benzene rings is 4. The fourth-order valence-corrected chi connectivity index (χ4v) is 3.58. The number of hydrazone groups is 1. The standard InChI is InChI=1S/C24H16N2O/c27-24-21-16-8-10-17-9-7-15-20(22(17)21)23(24)25-26(18-11-3-1-4-12-18)19-13-5-2-6-14-19/h1-16H. The van der Waals surface area contributed by atoms with E-state index in [4.69, 9.17) is 5.10 Å². The molecular formula is C24H16N2O. The molecule has 3 nitrogen and oxygen atoms in total. The van der Waals surface area contributed by atoms with Crippen LogP contribution in [-0.4, -0.2) is 11.5 Å². The van der Waals surface area contributed by atoms with Gasteiger partial charge in [-0.25, -0.2) is 5.01 Å². The zero-order valence-electron chi connectivity index (χ0n) is 14.5. The van der Waals surface area contributed by atoms with Crippen LogP contribution in [0.1, 0.15) is 15.9 Å². The first-order chi connectivity index (χ1) is 13.3.